The van der Waals surface area contributed by atoms with E-state index in [-0.39, 0.29) is 0 Å². The third kappa shape index (κ3) is 6.29. The third-order valence-electron chi connectivity index (χ3n) is 2.73. The predicted octanol–water partition coefficient (Wildman–Crippen LogP) is 5.16. The monoisotopic (exact) mass is 345 g/mol. The molecule has 96 valence electrons. The van der Waals surface area contributed by atoms with E-state index in [1.54, 1.807) is 0 Å². The van der Waals surface area contributed by atoms with Gasteiger partial charge in [0.2, 0.25) is 0 Å². The maximum Gasteiger partial charge on any atom is 0.0343 e. The van der Waals surface area contributed by atoms with Gasteiger partial charge < -0.3 is 5.32 Å². The fourth-order valence-electron chi connectivity index (χ4n) is 2.13. The van der Waals surface area contributed by atoms with E-state index in [1.165, 1.54) is 22.1 Å². The van der Waals surface area contributed by atoms with Crippen molar-refractivity contribution in [3.63, 3.8) is 0 Å². The number of anilines is 1. The summed E-state index contributed by atoms with van der Waals surface area (Å²) in [5.41, 5.74) is 1.25. The summed E-state index contributed by atoms with van der Waals surface area (Å²) >= 11 is 2.34. The van der Waals surface area contributed by atoms with Gasteiger partial charge in [-0.25, -0.2) is 0 Å². The van der Waals surface area contributed by atoms with Crippen LogP contribution in [0.15, 0.2) is 24.3 Å². The van der Waals surface area contributed by atoms with Crippen LogP contribution in [-0.4, -0.2) is 6.04 Å². The second kappa shape index (κ2) is 7.24. The van der Waals surface area contributed by atoms with Crippen molar-refractivity contribution in [2.45, 2.75) is 46.6 Å². The van der Waals surface area contributed by atoms with Crippen LogP contribution in [0.5, 0.6) is 0 Å². The van der Waals surface area contributed by atoms with Gasteiger partial charge in [-0.2, -0.15) is 0 Å². The smallest absolute Gasteiger partial charge is 0.0343 e. The highest BCUT2D eigenvalue weighted by atomic mass is 127. The topological polar surface area (TPSA) is 12.0 Å². The Labute approximate surface area is 120 Å². The molecule has 1 aromatic carbocycles. The minimum atomic E-state index is 0.593. The number of nitrogens with one attached hydrogen (secondary N) is 1. The van der Waals surface area contributed by atoms with Crippen molar-refractivity contribution in [1.82, 2.24) is 0 Å². The molecule has 1 nitrogen and oxygen atoms in total. The van der Waals surface area contributed by atoms with E-state index in [4.69, 9.17) is 0 Å². The van der Waals surface area contributed by atoms with Crippen LogP contribution in [0.25, 0.3) is 0 Å². The summed E-state index contributed by atoms with van der Waals surface area (Å²) in [6.07, 6.45) is 2.48. The third-order valence-corrected chi connectivity index (χ3v) is 3.45. The Balaban J connectivity index is 2.61. The molecular formula is C15H24IN. The maximum absolute atomic E-state index is 3.67. The van der Waals surface area contributed by atoms with E-state index in [0.29, 0.717) is 6.04 Å². The van der Waals surface area contributed by atoms with Gasteiger partial charge in [0.25, 0.3) is 0 Å². The van der Waals surface area contributed by atoms with Crippen molar-refractivity contribution in [3.05, 3.63) is 27.8 Å². The van der Waals surface area contributed by atoms with Crippen LogP contribution in [-0.2, 0) is 0 Å². The molecule has 0 unspecified atom stereocenters. The molecule has 0 amide bonds. The average Bonchev–Trinajstić information content (AvgIpc) is 2.19. The normalized spacial score (nSPS) is 11.5. The van der Waals surface area contributed by atoms with Gasteiger partial charge in [-0.1, -0.05) is 27.7 Å². The first-order valence-corrected chi connectivity index (χ1v) is 7.57. The zero-order chi connectivity index (χ0) is 12.8. The summed E-state index contributed by atoms with van der Waals surface area (Å²) in [6.45, 7) is 9.18. The first kappa shape index (κ1) is 14.8. The van der Waals surface area contributed by atoms with Gasteiger partial charge in [0.15, 0.2) is 0 Å². The zero-order valence-corrected chi connectivity index (χ0v) is 13.5. The fraction of sp³-hybridized carbons (Fsp3) is 0.600. The van der Waals surface area contributed by atoms with Gasteiger partial charge in [-0.15, -0.1) is 0 Å². The van der Waals surface area contributed by atoms with E-state index in [1.807, 2.05) is 0 Å². The SMILES string of the molecule is CC(C)CC(CC(C)C)Nc1ccc(I)cc1. The number of hydrogen-bond acceptors (Lipinski definition) is 1. The standard InChI is InChI=1S/C15H24IN/c1-11(2)9-15(10-12(3)4)17-14-7-5-13(16)6-8-14/h5-8,11-12,15,17H,9-10H2,1-4H3. The van der Waals surface area contributed by atoms with Crippen LogP contribution in [0.3, 0.4) is 0 Å². The Bertz CT molecular complexity index is 306. The number of halogens is 1. The Kier molecular flexibility index (Phi) is 6.31. The van der Waals surface area contributed by atoms with E-state index < -0.39 is 0 Å². The molecule has 0 aromatic heterocycles. The molecule has 0 saturated carbocycles. The molecule has 0 aliphatic rings. The van der Waals surface area contributed by atoms with Crippen molar-refractivity contribution >= 4 is 28.3 Å². The molecule has 0 heterocycles. The zero-order valence-electron chi connectivity index (χ0n) is 11.3. The quantitative estimate of drug-likeness (QED) is 0.702. The van der Waals surface area contributed by atoms with E-state index in [2.05, 4.69) is 79.9 Å². The van der Waals surface area contributed by atoms with E-state index >= 15 is 0 Å². The van der Waals surface area contributed by atoms with Crippen molar-refractivity contribution in [1.29, 1.82) is 0 Å². The molecule has 1 aromatic rings. The average molecular weight is 345 g/mol. The largest absolute Gasteiger partial charge is 0.382 e. The lowest BCUT2D eigenvalue weighted by atomic mass is 9.95. The summed E-state index contributed by atoms with van der Waals surface area (Å²) in [6, 6.07) is 9.26. The molecule has 0 fully saturated rings. The number of hydrogen-bond donors (Lipinski definition) is 1. The van der Waals surface area contributed by atoms with E-state index in [9.17, 15) is 0 Å². The molecule has 0 spiro atoms. The number of benzene rings is 1. The highest BCUT2D eigenvalue weighted by molar-refractivity contribution is 14.1. The van der Waals surface area contributed by atoms with Crippen molar-refractivity contribution in [2.75, 3.05) is 5.32 Å². The van der Waals surface area contributed by atoms with Gasteiger partial charge in [-0.3, -0.25) is 0 Å². The lowest BCUT2D eigenvalue weighted by Gasteiger charge is -2.23. The lowest BCUT2D eigenvalue weighted by Crippen LogP contribution is -2.23. The molecule has 0 aliphatic heterocycles. The van der Waals surface area contributed by atoms with Crippen molar-refractivity contribution in [3.8, 4) is 0 Å². The Morgan fingerprint density at radius 3 is 1.82 bits per heavy atom. The van der Waals surface area contributed by atoms with Crippen molar-refractivity contribution < 1.29 is 0 Å². The molecule has 0 radical (unpaired) electrons. The van der Waals surface area contributed by atoms with Gasteiger partial charge in [0.05, 0.1) is 0 Å². The molecule has 0 bridgehead atoms. The first-order chi connectivity index (χ1) is 7.97. The molecular weight excluding hydrogens is 321 g/mol. The summed E-state index contributed by atoms with van der Waals surface area (Å²) in [4.78, 5) is 0. The molecule has 1 N–H and O–H groups in total. The number of rotatable bonds is 6. The summed E-state index contributed by atoms with van der Waals surface area (Å²) in [7, 11) is 0. The van der Waals surface area contributed by atoms with Gasteiger partial charge in [-0.05, 0) is 71.5 Å². The summed E-state index contributed by atoms with van der Waals surface area (Å²) < 4.78 is 1.29. The Morgan fingerprint density at radius 2 is 1.41 bits per heavy atom. The van der Waals surface area contributed by atoms with Gasteiger partial charge in [0, 0.05) is 15.3 Å². The molecule has 2 heteroatoms. The first-order valence-electron chi connectivity index (χ1n) is 6.49. The molecule has 0 aliphatic carbocycles. The van der Waals surface area contributed by atoms with Crippen LogP contribution in [0.4, 0.5) is 5.69 Å². The molecule has 0 atom stereocenters. The summed E-state index contributed by atoms with van der Waals surface area (Å²) in [5.74, 6) is 1.49. The van der Waals surface area contributed by atoms with Crippen molar-refractivity contribution in [2.24, 2.45) is 11.8 Å². The minimum Gasteiger partial charge on any atom is -0.382 e. The van der Waals surface area contributed by atoms with Crippen LogP contribution >= 0.6 is 22.6 Å². The highest BCUT2D eigenvalue weighted by Crippen LogP contribution is 2.19. The van der Waals surface area contributed by atoms with E-state index in [0.717, 1.165) is 11.8 Å². The minimum absolute atomic E-state index is 0.593. The van der Waals surface area contributed by atoms with Gasteiger partial charge in [0.1, 0.15) is 0 Å². The lowest BCUT2D eigenvalue weighted by molar-refractivity contribution is 0.442. The van der Waals surface area contributed by atoms with Crippen LogP contribution < -0.4 is 5.32 Å². The fourth-order valence-corrected chi connectivity index (χ4v) is 2.49. The Morgan fingerprint density at radius 1 is 0.941 bits per heavy atom. The second-order valence-electron chi connectivity index (χ2n) is 5.61. The van der Waals surface area contributed by atoms with Crippen LogP contribution in [0.2, 0.25) is 0 Å². The second-order valence-corrected chi connectivity index (χ2v) is 6.85. The molecule has 17 heavy (non-hydrogen) atoms. The predicted molar refractivity (Wildman–Crippen MR) is 85.5 cm³/mol. The van der Waals surface area contributed by atoms with Gasteiger partial charge >= 0.3 is 0 Å². The molecule has 1 rings (SSSR count). The highest BCUT2D eigenvalue weighted by Gasteiger charge is 2.12. The summed E-state index contributed by atoms with van der Waals surface area (Å²) in [5, 5.41) is 3.67. The maximum atomic E-state index is 3.67. The van der Waals surface area contributed by atoms with Crippen LogP contribution in [0.1, 0.15) is 40.5 Å². The molecule has 0 saturated heterocycles. The van der Waals surface area contributed by atoms with Crippen LogP contribution in [0, 0.1) is 15.4 Å². The Hall–Kier alpha value is -0.250.